The van der Waals surface area contributed by atoms with Crippen LogP contribution in [0.5, 0.6) is 11.5 Å². The van der Waals surface area contributed by atoms with E-state index in [1.54, 1.807) is 0 Å². The Morgan fingerprint density at radius 1 is 1.11 bits per heavy atom. The Hall–Kier alpha value is -1.22. The molecule has 0 saturated carbocycles. The molecule has 1 heterocycles. The fraction of sp³-hybridized carbons (Fsp3) is 0.600. The van der Waals surface area contributed by atoms with Crippen LogP contribution in [0.15, 0.2) is 12.1 Å². The minimum Gasteiger partial charge on any atom is -0.490 e. The van der Waals surface area contributed by atoms with E-state index in [0.29, 0.717) is 25.6 Å². The van der Waals surface area contributed by atoms with Gasteiger partial charge in [0.15, 0.2) is 11.5 Å². The molecule has 0 radical (unpaired) electrons. The molecule has 18 heavy (non-hydrogen) atoms. The summed E-state index contributed by atoms with van der Waals surface area (Å²) in [5.41, 5.74) is 2.39. The van der Waals surface area contributed by atoms with E-state index >= 15 is 0 Å². The lowest BCUT2D eigenvalue weighted by Crippen LogP contribution is -2.08. The number of hydrogen-bond donors (Lipinski definition) is 1. The van der Waals surface area contributed by atoms with Gasteiger partial charge in [-0.05, 0) is 42.5 Å². The van der Waals surface area contributed by atoms with E-state index in [-0.39, 0.29) is 6.10 Å². The Balaban J connectivity index is 2.40. The Labute approximate surface area is 109 Å². The lowest BCUT2D eigenvalue weighted by Gasteiger charge is -2.18. The quantitative estimate of drug-likeness (QED) is 0.896. The number of ether oxygens (including phenoxy) is 2. The topological polar surface area (TPSA) is 38.7 Å². The molecular weight excluding hydrogens is 228 g/mol. The fourth-order valence-corrected chi connectivity index (χ4v) is 2.30. The van der Waals surface area contributed by atoms with Gasteiger partial charge in [0.05, 0.1) is 19.3 Å². The normalized spacial score (nSPS) is 16.5. The summed E-state index contributed by atoms with van der Waals surface area (Å²) in [5.74, 6) is 2.06. The van der Waals surface area contributed by atoms with Crippen LogP contribution in [-0.2, 0) is 6.42 Å². The van der Waals surface area contributed by atoms with Crippen LogP contribution >= 0.6 is 0 Å². The lowest BCUT2D eigenvalue weighted by atomic mass is 9.93. The zero-order valence-electron chi connectivity index (χ0n) is 11.4. The third-order valence-corrected chi connectivity index (χ3v) is 3.15. The van der Waals surface area contributed by atoms with Gasteiger partial charge in [-0.25, -0.2) is 0 Å². The maximum Gasteiger partial charge on any atom is 0.161 e. The second-order valence-corrected chi connectivity index (χ2v) is 5.26. The van der Waals surface area contributed by atoms with E-state index < -0.39 is 0 Å². The van der Waals surface area contributed by atoms with Gasteiger partial charge in [0, 0.05) is 6.42 Å². The second kappa shape index (κ2) is 5.61. The summed E-state index contributed by atoms with van der Waals surface area (Å²) >= 11 is 0. The molecule has 1 aromatic carbocycles. The molecule has 0 aromatic heterocycles. The molecule has 1 aromatic rings. The first-order chi connectivity index (χ1) is 8.58. The van der Waals surface area contributed by atoms with Gasteiger partial charge in [0.2, 0.25) is 0 Å². The van der Waals surface area contributed by atoms with Crippen molar-refractivity contribution in [1.82, 2.24) is 0 Å². The summed E-state index contributed by atoms with van der Waals surface area (Å²) in [6, 6.07) is 4.10. The van der Waals surface area contributed by atoms with Gasteiger partial charge >= 0.3 is 0 Å². The highest BCUT2D eigenvalue weighted by molar-refractivity contribution is 5.49. The molecule has 2 rings (SSSR count). The van der Waals surface area contributed by atoms with Crippen LogP contribution in [0.1, 0.15) is 44.2 Å². The predicted octanol–water partition coefficient (Wildman–Crippen LogP) is 2.89. The van der Waals surface area contributed by atoms with Crippen molar-refractivity contribution in [1.29, 1.82) is 0 Å². The van der Waals surface area contributed by atoms with Crippen LogP contribution in [-0.4, -0.2) is 24.4 Å². The minimum atomic E-state index is -0.341. The molecule has 0 spiro atoms. The zero-order valence-corrected chi connectivity index (χ0v) is 11.4. The molecule has 0 amide bonds. The molecule has 1 aliphatic rings. The van der Waals surface area contributed by atoms with Gasteiger partial charge in [-0.1, -0.05) is 13.8 Å². The molecule has 0 fully saturated rings. The third kappa shape index (κ3) is 2.96. The minimum absolute atomic E-state index is 0.341. The first kappa shape index (κ1) is 13.2. The van der Waals surface area contributed by atoms with Crippen LogP contribution in [0.3, 0.4) is 0 Å². The number of hydrogen-bond acceptors (Lipinski definition) is 3. The maximum atomic E-state index is 9.60. The van der Waals surface area contributed by atoms with Gasteiger partial charge in [-0.2, -0.15) is 0 Å². The number of aliphatic hydroxyl groups is 1. The Kier molecular flexibility index (Phi) is 4.12. The smallest absolute Gasteiger partial charge is 0.161 e. The van der Waals surface area contributed by atoms with Crippen molar-refractivity contribution in [2.24, 2.45) is 0 Å². The Bertz CT molecular complexity index is 410. The van der Waals surface area contributed by atoms with Gasteiger partial charge in [-0.3, -0.25) is 0 Å². The highest BCUT2D eigenvalue weighted by Crippen LogP contribution is 2.36. The van der Waals surface area contributed by atoms with Crippen molar-refractivity contribution in [3.63, 3.8) is 0 Å². The summed E-state index contributed by atoms with van der Waals surface area (Å²) in [6.45, 7) is 7.53. The molecule has 0 aliphatic carbocycles. The first-order valence-corrected chi connectivity index (χ1v) is 6.68. The predicted molar refractivity (Wildman–Crippen MR) is 71.5 cm³/mol. The van der Waals surface area contributed by atoms with Crippen molar-refractivity contribution in [2.75, 3.05) is 13.2 Å². The van der Waals surface area contributed by atoms with E-state index in [1.807, 2.05) is 13.0 Å². The molecule has 0 saturated heterocycles. The Morgan fingerprint density at radius 3 is 2.28 bits per heavy atom. The highest BCUT2D eigenvalue weighted by Gasteiger charge is 2.17. The first-order valence-electron chi connectivity index (χ1n) is 6.68. The average molecular weight is 250 g/mol. The standard InChI is InChI=1S/C15H22O3/c1-10(2)13-9-15-14(17-5-4-6-18-15)8-12(13)7-11(3)16/h8-11,16H,4-7H2,1-3H3. The van der Waals surface area contributed by atoms with Crippen LogP contribution in [0.2, 0.25) is 0 Å². The van der Waals surface area contributed by atoms with Crippen molar-refractivity contribution < 1.29 is 14.6 Å². The largest absolute Gasteiger partial charge is 0.490 e. The fourth-order valence-electron chi connectivity index (χ4n) is 2.30. The maximum absolute atomic E-state index is 9.60. The van der Waals surface area contributed by atoms with Crippen molar-refractivity contribution in [2.45, 2.75) is 45.6 Å². The van der Waals surface area contributed by atoms with E-state index in [4.69, 9.17) is 9.47 Å². The monoisotopic (exact) mass is 250 g/mol. The molecular formula is C15H22O3. The molecule has 1 aliphatic heterocycles. The molecule has 1 atom stereocenters. The van der Waals surface area contributed by atoms with Gasteiger partial charge < -0.3 is 14.6 Å². The summed E-state index contributed by atoms with van der Waals surface area (Å²) < 4.78 is 11.4. The number of rotatable bonds is 3. The van der Waals surface area contributed by atoms with Crippen molar-refractivity contribution in [3.05, 3.63) is 23.3 Å². The second-order valence-electron chi connectivity index (χ2n) is 5.26. The van der Waals surface area contributed by atoms with Gasteiger partial charge in [0.1, 0.15) is 0 Å². The van der Waals surface area contributed by atoms with Gasteiger partial charge in [-0.15, -0.1) is 0 Å². The highest BCUT2D eigenvalue weighted by atomic mass is 16.5. The van der Waals surface area contributed by atoms with Crippen LogP contribution in [0.25, 0.3) is 0 Å². The number of aliphatic hydroxyl groups excluding tert-OH is 1. The Morgan fingerprint density at radius 2 is 1.72 bits per heavy atom. The number of fused-ring (bicyclic) bond motifs is 1. The molecule has 0 bridgehead atoms. The van der Waals surface area contributed by atoms with E-state index in [0.717, 1.165) is 23.5 Å². The number of benzene rings is 1. The zero-order chi connectivity index (χ0) is 13.1. The summed E-state index contributed by atoms with van der Waals surface area (Å²) in [6.07, 6.45) is 1.23. The van der Waals surface area contributed by atoms with Crippen molar-refractivity contribution >= 4 is 0 Å². The third-order valence-electron chi connectivity index (χ3n) is 3.15. The lowest BCUT2D eigenvalue weighted by molar-refractivity contribution is 0.195. The van der Waals surface area contributed by atoms with Crippen LogP contribution < -0.4 is 9.47 Å². The molecule has 100 valence electrons. The summed E-state index contributed by atoms with van der Waals surface area (Å²) in [5, 5.41) is 9.60. The van der Waals surface area contributed by atoms with E-state index in [1.165, 1.54) is 5.56 Å². The molecule has 3 nitrogen and oxygen atoms in total. The average Bonchev–Trinajstić information content (AvgIpc) is 2.51. The van der Waals surface area contributed by atoms with Crippen molar-refractivity contribution in [3.8, 4) is 11.5 Å². The molecule has 1 N–H and O–H groups in total. The van der Waals surface area contributed by atoms with Crippen LogP contribution in [0.4, 0.5) is 0 Å². The molecule has 1 unspecified atom stereocenters. The van der Waals surface area contributed by atoms with E-state index in [9.17, 15) is 5.11 Å². The summed E-state index contributed by atoms with van der Waals surface area (Å²) in [4.78, 5) is 0. The van der Waals surface area contributed by atoms with Gasteiger partial charge in [0.25, 0.3) is 0 Å². The van der Waals surface area contributed by atoms with E-state index in [2.05, 4.69) is 19.9 Å². The molecule has 3 heteroatoms. The summed E-state index contributed by atoms with van der Waals surface area (Å²) in [7, 11) is 0. The van der Waals surface area contributed by atoms with Crippen LogP contribution in [0, 0.1) is 0 Å². The SMILES string of the molecule is CC(O)Cc1cc2c(cc1C(C)C)OCCCO2.